The van der Waals surface area contributed by atoms with Crippen LogP contribution in [0.5, 0.6) is 11.8 Å². The van der Waals surface area contributed by atoms with Crippen LogP contribution >= 0.6 is 0 Å². The molecule has 1 rings (SSSR count). The molecule has 0 saturated carbocycles. The van der Waals surface area contributed by atoms with Gasteiger partial charge in [0, 0.05) is 6.61 Å². The van der Waals surface area contributed by atoms with Crippen molar-refractivity contribution in [2.45, 2.75) is 26.3 Å². The number of aromatic nitrogens is 2. The van der Waals surface area contributed by atoms with E-state index >= 15 is 0 Å². The number of likely N-dealkylation sites (N-methyl/N-ethyl adjacent to an activating group) is 1. The van der Waals surface area contributed by atoms with Gasteiger partial charge in [0.2, 0.25) is 11.8 Å². The maximum Gasteiger partial charge on any atom is 0.240 e. The van der Waals surface area contributed by atoms with E-state index < -0.39 is 0 Å². The minimum atomic E-state index is -0.0371. The van der Waals surface area contributed by atoms with Gasteiger partial charge in [0.05, 0.1) is 33.1 Å². The van der Waals surface area contributed by atoms with Gasteiger partial charge in [0.25, 0.3) is 0 Å². The predicted octanol–water partition coefficient (Wildman–Crippen LogP) is 1.57. The molecule has 6 heteroatoms. The first-order chi connectivity index (χ1) is 9.26. The summed E-state index contributed by atoms with van der Waals surface area (Å²) in [6, 6.07) is -0.0371. The zero-order valence-corrected chi connectivity index (χ0v) is 12.1. The normalized spacial score (nSPS) is 12.2. The Morgan fingerprint density at radius 3 is 2.63 bits per heavy atom. The van der Waals surface area contributed by atoms with Crippen LogP contribution in [0, 0.1) is 0 Å². The van der Waals surface area contributed by atoms with Crippen LogP contribution in [0.3, 0.4) is 0 Å². The topological polar surface area (TPSA) is 65.5 Å². The largest absolute Gasteiger partial charge is 0.480 e. The number of hydrogen-bond acceptors (Lipinski definition) is 6. The van der Waals surface area contributed by atoms with Gasteiger partial charge in [-0.15, -0.1) is 0 Å². The average Bonchev–Trinajstić information content (AvgIpc) is 2.46. The fraction of sp³-hybridized carbons (Fsp3) is 0.692. The lowest BCUT2D eigenvalue weighted by Gasteiger charge is -2.19. The van der Waals surface area contributed by atoms with Crippen molar-refractivity contribution in [3.05, 3.63) is 11.9 Å². The Morgan fingerprint density at radius 2 is 2.05 bits per heavy atom. The fourth-order valence-electron chi connectivity index (χ4n) is 1.68. The van der Waals surface area contributed by atoms with Gasteiger partial charge in [0.15, 0.2) is 0 Å². The van der Waals surface area contributed by atoms with Crippen molar-refractivity contribution in [1.29, 1.82) is 0 Å². The van der Waals surface area contributed by atoms with E-state index in [0.29, 0.717) is 18.4 Å². The molecular formula is C13H23N3O3. The molecule has 1 heterocycles. The third-order valence-corrected chi connectivity index (χ3v) is 2.56. The van der Waals surface area contributed by atoms with E-state index in [9.17, 15) is 0 Å². The predicted molar refractivity (Wildman–Crippen MR) is 72.7 cm³/mol. The van der Waals surface area contributed by atoms with Gasteiger partial charge in [0.1, 0.15) is 5.69 Å². The SMILES string of the molecule is CCCOCC(NCC)c1ncc(OC)nc1OC. The molecule has 1 atom stereocenters. The molecule has 0 aromatic carbocycles. The van der Waals surface area contributed by atoms with E-state index in [4.69, 9.17) is 14.2 Å². The van der Waals surface area contributed by atoms with Crippen LogP contribution in [-0.2, 0) is 4.74 Å². The molecule has 0 bridgehead atoms. The number of methoxy groups -OCH3 is 2. The van der Waals surface area contributed by atoms with Crippen LogP contribution < -0.4 is 14.8 Å². The maximum atomic E-state index is 5.59. The first-order valence-corrected chi connectivity index (χ1v) is 6.52. The van der Waals surface area contributed by atoms with Crippen molar-refractivity contribution in [3.63, 3.8) is 0 Å². The van der Waals surface area contributed by atoms with Crippen molar-refractivity contribution in [2.75, 3.05) is 34.0 Å². The highest BCUT2D eigenvalue weighted by molar-refractivity contribution is 5.25. The molecule has 0 saturated heterocycles. The first-order valence-electron chi connectivity index (χ1n) is 6.52. The number of nitrogens with zero attached hydrogens (tertiary/aromatic N) is 2. The molecule has 0 aliphatic rings. The van der Waals surface area contributed by atoms with Crippen molar-refractivity contribution >= 4 is 0 Å². The molecule has 0 amide bonds. The van der Waals surface area contributed by atoms with Crippen LogP contribution in [0.25, 0.3) is 0 Å². The zero-order chi connectivity index (χ0) is 14.1. The Morgan fingerprint density at radius 1 is 1.26 bits per heavy atom. The molecule has 0 aliphatic carbocycles. The molecule has 19 heavy (non-hydrogen) atoms. The number of rotatable bonds is 9. The zero-order valence-electron chi connectivity index (χ0n) is 12.1. The highest BCUT2D eigenvalue weighted by atomic mass is 16.5. The summed E-state index contributed by atoms with van der Waals surface area (Å²) < 4.78 is 15.9. The molecule has 1 unspecified atom stereocenters. The van der Waals surface area contributed by atoms with Crippen LogP contribution in [-0.4, -0.2) is 43.9 Å². The van der Waals surface area contributed by atoms with Crippen LogP contribution in [0.4, 0.5) is 0 Å². The van der Waals surface area contributed by atoms with Crippen molar-refractivity contribution in [3.8, 4) is 11.8 Å². The minimum absolute atomic E-state index is 0.0371. The van der Waals surface area contributed by atoms with Crippen molar-refractivity contribution in [1.82, 2.24) is 15.3 Å². The van der Waals surface area contributed by atoms with Gasteiger partial charge in [-0.3, -0.25) is 0 Å². The maximum absolute atomic E-state index is 5.59. The van der Waals surface area contributed by atoms with Gasteiger partial charge in [-0.1, -0.05) is 13.8 Å². The smallest absolute Gasteiger partial charge is 0.240 e. The van der Waals surface area contributed by atoms with Crippen LogP contribution in [0.15, 0.2) is 6.20 Å². The monoisotopic (exact) mass is 269 g/mol. The summed E-state index contributed by atoms with van der Waals surface area (Å²) >= 11 is 0. The van der Waals surface area contributed by atoms with E-state index in [1.54, 1.807) is 20.4 Å². The summed E-state index contributed by atoms with van der Waals surface area (Å²) in [6.07, 6.45) is 2.58. The number of ether oxygens (including phenoxy) is 3. The lowest BCUT2D eigenvalue weighted by molar-refractivity contribution is 0.110. The third kappa shape index (κ3) is 4.65. The molecular weight excluding hydrogens is 246 g/mol. The third-order valence-electron chi connectivity index (χ3n) is 2.56. The standard InChI is InChI=1S/C13H23N3O3/c1-5-7-19-9-10(14-6-2)12-13(18-4)16-11(17-3)8-15-12/h8,10,14H,5-7,9H2,1-4H3. The van der Waals surface area contributed by atoms with Crippen LogP contribution in [0.1, 0.15) is 32.0 Å². The summed E-state index contributed by atoms with van der Waals surface area (Å²) in [5.74, 6) is 0.899. The quantitative estimate of drug-likeness (QED) is 0.686. The second-order valence-corrected chi connectivity index (χ2v) is 3.99. The number of hydrogen-bond donors (Lipinski definition) is 1. The average molecular weight is 269 g/mol. The second kappa shape index (κ2) is 8.66. The minimum Gasteiger partial charge on any atom is -0.480 e. The molecule has 1 N–H and O–H groups in total. The molecule has 0 spiro atoms. The summed E-state index contributed by atoms with van der Waals surface area (Å²) in [6.45, 7) is 6.20. The lowest BCUT2D eigenvalue weighted by Crippen LogP contribution is -2.27. The summed E-state index contributed by atoms with van der Waals surface area (Å²) in [5, 5.41) is 3.32. The van der Waals surface area contributed by atoms with E-state index in [0.717, 1.165) is 25.3 Å². The highest BCUT2D eigenvalue weighted by Crippen LogP contribution is 2.23. The molecule has 0 fully saturated rings. The van der Waals surface area contributed by atoms with Crippen molar-refractivity contribution in [2.24, 2.45) is 0 Å². The van der Waals surface area contributed by atoms with Gasteiger partial charge in [-0.2, -0.15) is 4.98 Å². The molecule has 108 valence electrons. The first kappa shape index (κ1) is 15.7. The van der Waals surface area contributed by atoms with Crippen molar-refractivity contribution < 1.29 is 14.2 Å². The summed E-state index contributed by atoms with van der Waals surface area (Å²) in [4.78, 5) is 8.60. The molecule has 0 aliphatic heterocycles. The molecule has 0 radical (unpaired) electrons. The van der Waals surface area contributed by atoms with Gasteiger partial charge in [-0.25, -0.2) is 4.98 Å². The van der Waals surface area contributed by atoms with E-state index in [1.807, 2.05) is 6.92 Å². The fourth-order valence-corrected chi connectivity index (χ4v) is 1.68. The lowest BCUT2D eigenvalue weighted by atomic mass is 10.2. The Labute approximate surface area is 114 Å². The van der Waals surface area contributed by atoms with E-state index in [2.05, 4.69) is 22.2 Å². The molecule has 1 aromatic heterocycles. The Hall–Kier alpha value is -1.40. The number of nitrogens with one attached hydrogen (secondary N) is 1. The van der Waals surface area contributed by atoms with Gasteiger partial charge >= 0.3 is 0 Å². The Balaban J connectivity index is 2.87. The van der Waals surface area contributed by atoms with E-state index in [-0.39, 0.29) is 6.04 Å². The van der Waals surface area contributed by atoms with Gasteiger partial charge < -0.3 is 19.5 Å². The Bertz CT molecular complexity index is 374. The molecule has 6 nitrogen and oxygen atoms in total. The highest BCUT2D eigenvalue weighted by Gasteiger charge is 2.19. The summed E-state index contributed by atoms with van der Waals surface area (Å²) in [5.41, 5.74) is 0.737. The second-order valence-electron chi connectivity index (χ2n) is 3.99. The van der Waals surface area contributed by atoms with Crippen LogP contribution in [0.2, 0.25) is 0 Å². The molecule has 1 aromatic rings. The van der Waals surface area contributed by atoms with E-state index in [1.165, 1.54) is 0 Å². The van der Waals surface area contributed by atoms with Gasteiger partial charge in [-0.05, 0) is 13.0 Å². The summed E-state index contributed by atoms with van der Waals surface area (Å²) in [7, 11) is 3.12. The Kier molecular flexibility index (Phi) is 7.14.